The molecule has 0 bridgehead atoms. The van der Waals surface area contributed by atoms with E-state index in [1.807, 2.05) is 31.2 Å². The van der Waals surface area contributed by atoms with Crippen molar-refractivity contribution < 1.29 is 9.84 Å². The van der Waals surface area contributed by atoms with Gasteiger partial charge in [-0.2, -0.15) is 0 Å². The molecule has 3 nitrogen and oxygen atoms in total. The highest BCUT2D eigenvalue weighted by Gasteiger charge is 2.14. The van der Waals surface area contributed by atoms with Crippen molar-refractivity contribution in [2.45, 2.75) is 25.5 Å². The Morgan fingerprint density at radius 2 is 1.93 bits per heavy atom. The summed E-state index contributed by atoms with van der Waals surface area (Å²) < 4.78 is 5.03. The minimum absolute atomic E-state index is 0.314. The zero-order valence-corrected chi connectivity index (χ0v) is 8.60. The molecular formula is C11H17NO2. The molecule has 14 heavy (non-hydrogen) atoms. The van der Waals surface area contributed by atoms with Gasteiger partial charge in [0.05, 0.1) is 19.3 Å². The van der Waals surface area contributed by atoms with E-state index in [-0.39, 0.29) is 6.04 Å². The van der Waals surface area contributed by atoms with Gasteiger partial charge in [-0.25, -0.2) is 0 Å². The largest absolute Gasteiger partial charge is 0.497 e. The summed E-state index contributed by atoms with van der Waals surface area (Å²) in [5.74, 6) is 0.798. The first-order chi connectivity index (χ1) is 6.69. The molecule has 1 aromatic carbocycles. The Morgan fingerprint density at radius 3 is 2.36 bits per heavy atom. The third-order valence-corrected chi connectivity index (χ3v) is 2.33. The predicted octanol–water partition coefficient (Wildman–Crippen LogP) is 1.47. The molecule has 0 saturated carbocycles. The predicted molar refractivity (Wildman–Crippen MR) is 56.2 cm³/mol. The first-order valence-corrected chi connectivity index (χ1v) is 4.76. The van der Waals surface area contributed by atoms with Crippen LogP contribution in [-0.2, 0) is 0 Å². The normalized spacial score (nSPS) is 14.9. The Hall–Kier alpha value is -1.06. The topological polar surface area (TPSA) is 55.5 Å². The molecule has 0 saturated heterocycles. The van der Waals surface area contributed by atoms with E-state index in [0.29, 0.717) is 6.42 Å². The van der Waals surface area contributed by atoms with E-state index in [2.05, 4.69) is 0 Å². The van der Waals surface area contributed by atoms with Crippen LogP contribution in [0.5, 0.6) is 5.75 Å². The smallest absolute Gasteiger partial charge is 0.118 e. The fourth-order valence-electron chi connectivity index (χ4n) is 1.30. The number of ether oxygens (including phenoxy) is 1. The van der Waals surface area contributed by atoms with Crippen LogP contribution in [0.3, 0.4) is 0 Å². The molecule has 0 radical (unpaired) electrons. The van der Waals surface area contributed by atoms with Crippen LogP contribution in [0.4, 0.5) is 0 Å². The van der Waals surface area contributed by atoms with Gasteiger partial charge >= 0.3 is 0 Å². The van der Waals surface area contributed by atoms with E-state index in [1.165, 1.54) is 0 Å². The Balaban J connectivity index is 2.75. The molecular weight excluding hydrogens is 178 g/mol. The van der Waals surface area contributed by atoms with Gasteiger partial charge in [-0.1, -0.05) is 19.1 Å². The lowest BCUT2D eigenvalue weighted by atomic mass is 10.0. The Kier molecular flexibility index (Phi) is 3.92. The molecule has 0 heterocycles. The van der Waals surface area contributed by atoms with E-state index in [9.17, 15) is 5.11 Å². The number of aliphatic hydroxyl groups excluding tert-OH is 1. The lowest BCUT2D eigenvalue weighted by Gasteiger charge is -2.17. The molecule has 0 amide bonds. The van der Waals surface area contributed by atoms with Crippen LogP contribution in [0, 0.1) is 0 Å². The van der Waals surface area contributed by atoms with Crippen LogP contribution in [0.2, 0.25) is 0 Å². The van der Waals surface area contributed by atoms with E-state index in [1.54, 1.807) is 7.11 Å². The number of methoxy groups -OCH3 is 1. The summed E-state index contributed by atoms with van der Waals surface area (Å²) in [5, 5.41) is 9.55. The number of aliphatic hydroxyl groups is 1. The summed E-state index contributed by atoms with van der Waals surface area (Å²) in [4.78, 5) is 0. The lowest BCUT2D eigenvalue weighted by molar-refractivity contribution is 0.140. The molecule has 0 spiro atoms. The van der Waals surface area contributed by atoms with Crippen LogP contribution in [0.15, 0.2) is 24.3 Å². The number of nitrogens with two attached hydrogens (primary N) is 1. The average molecular weight is 195 g/mol. The zero-order chi connectivity index (χ0) is 10.6. The van der Waals surface area contributed by atoms with E-state index < -0.39 is 6.10 Å². The van der Waals surface area contributed by atoms with Crippen molar-refractivity contribution in [1.29, 1.82) is 0 Å². The van der Waals surface area contributed by atoms with E-state index >= 15 is 0 Å². The second-order valence-electron chi connectivity index (χ2n) is 3.27. The highest BCUT2D eigenvalue weighted by molar-refractivity contribution is 5.29. The summed E-state index contributed by atoms with van der Waals surface area (Å²) in [6, 6.07) is 7.13. The van der Waals surface area contributed by atoms with Crippen molar-refractivity contribution in [3.05, 3.63) is 29.8 Å². The highest BCUT2D eigenvalue weighted by atomic mass is 16.5. The third kappa shape index (κ3) is 2.47. The van der Waals surface area contributed by atoms with Crippen molar-refractivity contribution in [3.63, 3.8) is 0 Å². The van der Waals surface area contributed by atoms with Crippen molar-refractivity contribution in [2.75, 3.05) is 7.11 Å². The zero-order valence-electron chi connectivity index (χ0n) is 8.60. The van der Waals surface area contributed by atoms with Crippen LogP contribution in [-0.4, -0.2) is 18.3 Å². The molecule has 3 heteroatoms. The van der Waals surface area contributed by atoms with E-state index in [4.69, 9.17) is 10.5 Å². The number of rotatable bonds is 4. The Bertz CT molecular complexity index is 271. The van der Waals surface area contributed by atoms with Crippen molar-refractivity contribution >= 4 is 0 Å². The van der Waals surface area contributed by atoms with Crippen molar-refractivity contribution in [1.82, 2.24) is 0 Å². The molecule has 1 rings (SSSR count). The minimum atomic E-state index is -0.483. The van der Waals surface area contributed by atoms with Crippen LogP contribution in [0.25, 0.3) is 0 Å². The first-order valence-electron chi connectivity index (χ1n) is 4.76. The first kappa shape index (κ1) is 11.0. The van der Waals surface area contributed by atoms with Crippen LogP contribution in [0.1, 0.15) is 24.9 Å². The second-order valence-corrected chi connectivity index (χ2v) is 3.27. The molecule has 0 aliphatic carbocycles. The minimum Gasteiger partial charge on any atom is -0.497 e. The van der Waals surface area contributed by atoms with Gasteiger partial charge in [-0.3, -0.25) is 0 Å². The van der Waals surface area contributed by atoms with Gasteiger partial charge in [-0.05, 0) is 24.1 Å². The number of hydrogen-bond donors (Lipinski definition) is 2. The molecule has 78 valence electrons. The van der Waals surface area contributed by atoms with Gasteiger partial charge in [0.1, 0.15) is 5.75 Å². The van der Waals surface area contributed by atoms with Gasteiger partial charge in [0, 0.05) is 0 Å². The quantitative estimate of drug-likeness (QED) is 0.764. The SMILES string of the molecule is CC[C@@H](O)[C@@H](N)c1ccc(OC)cc1. The molecule has 0 aliphatic heterocycles. The van der Waals surface area contributed by atoms with Gasteiger partial charge in [0.15, 0.2) is 0 Å². The van der Waals surface area contributed by atoms with Gasteiger partial charge in [0.2, 0.25) is 0 Å². The molecule has 0 aromatic heterocycles. The van der Waals surface area contributed by atoms with Crippen molar-refractivity contribution in [2.24, 2.45) is 5.73 Å². The highest BCUT2D eigenvalue weighted by Crippen LogP contribution is 2.19. The van der Waals surface area contributed by atoms with Gasteiger partial charge in [0.25, 0.3) is 0 Å². The Morgan fingerprint density at radius 1 is 1.36 bits per heavy atom. The maximum Gasteiger partial charge on any atom is 0.118 e. The number of benzene rings is 1. The van der Waals surface area contributed by atoms with Gasteiger partial charge in [-0.15, -0.1) is 0 Å². The summed E-state index contributed by atoms with van der Waals surface area (Å²) in [6.07, 6.45) is 0.177. The standard InChI is InChI=1S/C11H17NO2/c1-3-10(13)11(12)8-4-6-9(14-2)7-5-8/h4-7,10-11,13H,3,12H2,1-2H3/t10-,11+/m1/s1. The Labute approximate surface area is 84.5 Å². The monoisotopic (exact) mass is 195 g/mol. The molecule has 0 fully saturated rings. The average Bonchev–Trinajstić information content (AvgIpc) is 2.27. The molecule has 1 aromatic rings. The maximum atomic E-state index is 9.55. The molecule has 2 atom stereocenters. The third-order valence-electron chi connectivity index (χ3n) is 2.33. The fourth-order valence-corrected chi connectivity index (χ4v) is 1.30. The fraction of sp³-hybridized carbons (Fsp3) is 0.455. The second kappa shape index (κ2) is 4.98. The number of hydrogen-bond acceptors (Lipinski definition) is 3. The summed E-state index contributed by atoms with van der Waals surface area (Å²) in [5.41, 5.74) is 6.78. The molecule has 0 aliphatic rings. The summed E-state index contributed by atoms with van der Waals surface area (Å²) in [7, 11) is 1.62. The molecule has 0 unspecified atom stereocenters. The summed E-state index contributed by atoms with van der Waals surface area (Å²) >= 11 is 0. The van der Waals surface area contributed by atoms with Gasteiger partial charge < -0.3 is 15.6 Å². The summed E-state index contributed by atoms with van der Waals surface area (Å²) in [6.45, 7) is 1.91. The van der Waals surface area contributed by atoms with Crippen LogP contribution < -0.4 is 10.5 Å². The van der Waals surface area contributed by atoms with E-state index in [0.717, 1.165) is 11.3 Å². The lowest BCUT2D eigenvalue weighted by Crippen LogP contribution is -2.25. The van der Waals surface area contributed by atoms with Crippen molar-refractivity contribution in [3.8, 4) is 5.75 Å². The maximum absolute atomic E-state index is 9.55. The van der Waals surface area contributed by atoms with Crippen LogP contribution >= 0.6 is 0 Å². The molecule has 3 N–H and O–H groups in total.